The summed E-state index contributed by atoms with van der Waals surface area (Å²) in [6.45, 7) is -0.0112. The number of benzene rings is 1. The molecule has 0 fully saturated rings. The zero-order chi connectivity index (χ0) is 11.4. The summed E-state index contributed by atoms with van der Waals surface area (Å²) in [5, 5.41) is 8.43. The average Bonchev–Trinajstić information content (AvgIpc) is 2.21. The lowest BCUT2D eigenvalue weighted by Gasteiger charge is -2.16. The van der Waals surface area contributed by atoms with E-state index in [0.29, 0.717) is 0 Å². The number of methoxy groups -OCH3 is 1. The third-order valence-electron chi connectivity index (χ3n) is 1.94. The molecule has 3 nitrogen and oxygen atoms in total. The zero-order valence-electron chi connectivity index (χ0n) is 8.42. The number of hydrogen-bond acceptors (Lipinski definition) is 3. The van der Waals surface area contributed by atoms with E-state index in [1.165, 1.54) is 19.1 Å². The van der Waals surface area contributed by atoms with Crippen molar-refractivity contribution in [2.75, 3.05) is 25.6 Å². The van der Waals surface area contributed by atoms with Crippen LogP contribution in [0.15, 0.2) is 12.1 Å². The minimum Gasteiger partial charge on any atom is -0.494 e. The normalized spacial score (nSPS) is 9.53. The third-order valence-corrected chi connectivity index (χ3v) is 1.94. The molecule has 0 aliphatic heterocycles. The van der Waals surface area contributed by atoms with Crippen LogP contribution in [0.3, 0.4) is 0 Å². The predicted molar refractivity (Wildman–Crippen MR) is 51.8 cm³/mol. The SMILES string of the molecule is COc1cc(F)c(N(C)CC#N)cc1F. The molecule has 0 saturated carbocycles. The molecule has 1 aromatic carbocycles. The van der Waals surface area contributed by atoms with Crippen LogP contribution in [0.5, 0.6) is 5.75 Å². The molecule has 0 atom stereocenters. The number of nitrogens with zero attached hydrogens (tertiary/aromatic N) is 2. The Balaban J connectivity index is 3.11. The van der Waals surface area contributed by atoms with Gasteiger partial charge in [0.05, 0.1) is 18.9 Å². The molecule has 0 N–H and O–H groups in total. The highest BCUT2D eigenvalue weighted by molar-refractivity contribution is 5.51. The van der Waals surface area contributed by atoms with Gasteiger partial charge in [0.2, 0.25) is 0 Å². The van der Waals surface area contributed by atoms with Crippen LogP contribution in [-0.2, 0) is 0 Å². The smallest absolute Gasteiger partial charge is 0.167 e. The van der Waals surface area contributed by atoms with Gasteiger partial charge in [-0.05, 0) is 0 Å². The summed E-state index contributed by atoms with van der Waals surface area (Å²) in [4.78, 5) is 1.32. The first-order chi connectivity index (χ1) is 7.10. The molecule has 80 valence electrons. The Hall–Kier alpha value is -1.83. The second-order valence-corrected chi connectivity index (χ2v) is 2.95. The van der Waals surface area contributed by atoms with E-state index in [-0.39, 0.29) is 18.0 Å². The molecule has 0 unspecified atom stereocenters. The zero-order valence-corrected chi connectivity index (χ0v) is 8.42. The Morgan fingerprint density at radius 2 is 2.07 bits per heavy atom. The van der Waals surface area contributed by atoms with Gasteiger partial charge in [-0.25, -0.2) is 8.78 Å². The molecule has 0 saturated heterocycles. The molecule has 0 aromatic heterocycles. The molecule has 0 aliphatic rings. The van der Waals surface area contributed by atoms with Gasteiger partial charge in [-0.15, -0.1) is 0 Å². The molecule has 15 heavy (non-hydrogen) atoms. The van der Waals surface area contributed by atoms with Crippen molar-refractivity contribution in [3.05, 3.63) is 23.8 Å². The highest BCUT2D eigenvalue weighted by Crippen LogP contribution is 2.26. The van der Waals surface area contributed by atoms with E-state index < -0.39 is 11.6 Å². The quantitative estimate of drug-likeness (QED) is 0.718. The van der Waals surface area contributed by atoms with Crippen molar-refractivity contribution in [3.8, 4) is 11.8 Å². The topological polar surface area (TPSA) is 36.3 Å². The van der Waals surface area contributed by atoms with Crippen molar-refractivity contribution in [1.82, 2.24) is 0 Å². The fourth-order valence-corrected chi connectivity index (χ4v) is 1.16. The van der Waals surface area contributed by atoms with E-state index in [2.05, 4.69) is 4.74 Å². The summed E-state index contributed by atoms with van der Waals surface area (Å²) < 4.78 is 31.2. The monoisotopic (exact) mass is 212 g/mol. The Morgan fingerprint density at radius 3 is 2.60 bits per heavy atom. The van der Waals surface area contributed by atoms with E-state index in [4.69, 9.17) is 5.26 Å². The highest BCUT2D eigenvalue weighted by Gasteiger charge is 2.13. The van der Waals surface area contributed by atoms with Crippen LogP contribution in [-0.4, -0.2) is 20.7 Å². The van der Waals surface area contributed by atoms with Crippen molar-refractivity contribution >= 4 is 5.69 Å². The number of halogens is 2. The lowest BCUT2D eigenvalue weighted by molar-refractivity contribution is 0.383. The summed E-state index contributed by atoms with van der Waals surface area (Å²) in [6, 6.07) is 3.81. The number of ether oxygens (including phenoxy) is 1. The van der Waals surface area contributed by atoms with Gasteiger partial charge in [-0.2, -0.15) is 5.26 Å². The first-order valence-electron chi connectivity index (χ1n) is 4.21. The maximum atomic E-state index is 13.4. The molecule has 0 spiro atoms. The standard InChI is InChI=1S/C10H10F2N2O/c1-14(4-3-13)9-5-8(12)10(15-2)6-7(9)11/h5-6H,4H2,1-2H3. The first kappa shape index (κ1) is 11.2. The molecule has 0 heterocycles. The number of nitriles is 1. The average molecular weight is 212 g/mol. The molecule has 1 rings (SSSR count). The maximum absolute atomic E-state index is 13.4. The molecule has 0 aliphatic carbocycles. The van der Waals surface area contributed by atoms with Crippen LogP contribution < -0.4 is 9.64 Å². The minimum absolute atomic E-state index is 0.0112. The predicted octanol–water partition coefficient (Wildman–Crippen LogP) is 1.93. The maximum Gasteiger partial charge on any atom is 0.167 e. The number of hydrogen-bond donors (Lipinski definition) is 0. The highest BCUT2D eigenvalue weighted by atomic mass is 19.1. The first-order valence-corrected chi connectivity index (χ1v) is 4.21. The lowest BCUT2D eigenvalue weighted by atomic mass is 10.2. The van der Waals surface area contributed by atoms with Crippen molar-refractivity contribution in [2.24, 2.45) is 0 Å². The van der Waals surface area contributed by atoms with Crippen LogP contribution >= 0.6 is 0 Å². The van der Waals surface area contributed by atoms with Gasteiger partial charge in [0.15, 0.2) is 11.6 Å². The van der Waals surface area contributed by atoms with Crippen LogP contribution in [0.1, 0.15) is 0 Å². The summed E-state index contributed by atoms with van der Waals surface area (Å²) in [5.41, 5.74) is 0.0369. The summed E-state index contributed by atoms with van der Waals surface area (Å²) in [7, 11) is 2.77. The summed E-state index contributed by atoms with van der Waals surface area (Å²) >= 11 is 0. The van der Waals surface area contributed by atoms with Gasteiger partial charge in [0, 0.05) is 19.2 Å². The van der Waals surface area contributed by atoms with Gasteiger partial charge in [-0.3, -0.25) is 0 Å². The van der Waals surface area contributed by atoms with E-state index in [9.17, 15) is 8.78 Å². The van der Waals surface area contributed by atoms with Gasteiger partial charge >= 0.3 is 0 Å². The van der Waals surface area contributed by atoms with Crippen molar-refractivity contribution < 1.29 is 13.5 Å². The van der Waals surface area contributed by atoms with Gasteiger partial charge in [0.1, 0.15) is 12.4 Å². The molecule has 0 amide bonds. The van der Waals surface area contributed by atoms with Crippen molar-refractivity contribution in [3.63, 3.8) is 0 Å². The second kappa shape index (κ2) is 4.60. The Morgan fingerprint density at radius 1 is 1.40 bits per heavy atom. The second-order valence-electron chi connectivity index (χ2n) is 2.95. The number of rotatable bonds is 3. The van der Waals surface area contributed by atoms with Crippen LogP contribution in [0.4, 0.5) is 14.5 Å². The van der Waals surface area contributed by atoms with Crippen LogP contribution in [0.25, 0.3) is 0 Å². The van der Waals surface area contributed by atoms with Crippen molar-refractivity contribution in [2.45, 2.75) is 0 Å². The minimum atomic E-state index is -0.654. The van der Waals surface area contributed by atoms with Gasteiger partial charge in [-0.1, -0.05) is 0 Å². The number of anilines is 1. The lowest BCUT2D eigenvalue weighted by Crippen LogP contribution is -2.18. The molecular formula is C10H10F2N2O. The molecule has 5 heteroatoms. The van der Waals surface area contributed by atoms with Crippen LogP contribution in [0.2, 0.25) is 0 Å². The molecular weight excluding hydrogens is 202 g/mol. The Bertz CT molecular complexity index is 401. The van der Waals surface area contributed by atoms with E-state index >= 15 is 0 Å². The third kappa shape index (κ3) is 2.34. The van der Waals surface area contributed by atoms with Gasteiger partial charge in [0.25, 0.3) is 0 Å². The molecule has 0 bridgehead atoms. The summed E-state index contributed by atoms with van der Waals surface area (Å²) in [6.07, 6.45) is 0. The Labute approximate surface area is 86.5 Å². The van der Waals surface area contributed by atoms with Crippen molar-refractivity contribution in [1.29, 1.82) is 5.26 Å². The Kier molecular flexibility index (Phi) is 3.45. The fraction of sp³-hybridized carbons (Fsp3) is 0.300. The summed E-state index contributed by atoms with van der Waals surface area (Å²) in [5.74, 6) is -1.42. The van der Waals surface area contributed by atoms with Crippen LogP contribution in [0, 0.1) is 23.0 Å². The van der Waals surface area contributed by atoms with E-state index in [1.807, 2.05) is 6.07 Å². The molecule has 1 aromatic rings. The molecule has 0 radical (unpaired) electrons. The van der Waals surface area contributed by atoms with Gasteiger partial charge < -0.3 is 9.64 Å². The van der Waals surface area contributed by atoms with E-state index in [1.54, 1.807) is 0 Å². The van der Waals surface area contributed by atoms with E-state index in [0.717, 1.165) is 12.1 Å². The largest absolute Gasteiger partial charge is 0.494 e. The fourth-order valence-electron chi connectivity index (χ4n) is 1.16.